The number of halogens is 2. The Morgan fingerprint density at radius 3 is 2.20 bits per heavy atom. The molecule has 1 atom stereocenters. The minimum atomic E-state index is -3.97. The molecule has 1 aliphatic rings. The Hall–Kier alpha value is -3.79. The van der Waals surface area contributed by atoms with Gasteiger partial charge in [0.25, 0.3) is 5.91 Å². The maximum atomic E-state index is 14.4. The zero-order valence-electron chi connectivity index (χ0n) is 18.4. The van der Waals surface area contributed by atoms with Crippen molar-refractivity contribution < 1.29 is 33.0 Å². The number of hydrogen-bond donors (Lipinski definition) is 3. The Labute approximate surface area is 203 Å². The summed E-state index contributed by atoms with van der Waals surface area (Å²) in [6, 6.07) is 17.5. The smallest absolute Gasteiger partial charge is 0.407 e. The molecule has 3 N–H and O–H groups in total. The Kier molecular flexibility index (Phi) is 7.11. The number of alkyl halides is 2. The monoisotopic (exact) mass is 500 g/mol. The maximum Gasteiger partial charge on any atom is 0.407 e. The molecule has 1 aromatic heterocycles. The van der Waals surface area contributed by atoms with Crippen molar-refractivity contribution in [2.45, 2.75) is 24.3 Å². The molecular formula is C25H22F2N2O5S. The van der Waals surface area contributed by atoms with Crippen LogP contribution in [-0.2, 0) is 14.3 Å². The number of alkyl carbamates (subject to hydrolysis) is 1. The fourth-order valence-corrected chi connectivity index (χ4v) is 4.84. The molecule has 1 unspecified atom stereocenters. The molecule has 1 heterocycles. The van der Waals surface area contributed by atoms with Gasteiger partial charge in [-0.3, -0.25) is 9.59 Å². The molecule has 10 heteroatoms. The van der Waals surface area contributed by atoms with Crippen LogP contribution in [0, 0.1) is 0 Å². The van der Waals surface area contributed by atoms with Crippen LogP contribution >= 0.6 is 11.3 Å². The predicted octanol–water partition coefficient (Wildman–Crippen LogP) is 4.55. The molecule has 0 aliphatic heterocycles. The normalized spacial score (nSPS) is 13.4. The summed E-state index contributed by atoms with van der Waals surface area (Å²) in [7, 11) is 0. The van der Waals surface area contributed by atoms with Gasteiger partial charge in [-0.2, -0.15) is 8.78 Å². The van der Waals surface area contributed by atoms with E-state index >= 15 is 0 Å². The van der Waals surface area contributed by atoms with Gasteiger partial charge in [0, 0.05) is 10.8 Å². The Bertz CT molecular complexity index is 1190. The molecule has 4 rings (SSSR count). The number of hydrogen-bond acceptors (Lipinski definition) is 5. The molecule has 35 heavy (non-hydrogen) atoms. The molecule has 182 valence electrons. The zero-order valence-corrected chi connectivity index (χ0v) is 19.2. The van der Waals surface area contributed by atoms with E-state index in [1.54, 1.807) is 17.5 Å². The van der Waals surface area contributed by atoms with E-state index in [4.69, 9.17) is 9.84 Å². The second kappa shape index (κ2) is 10.2. The summed E-state index contributed by atoms with van der Waals surface area (Å²) in [6.45, 7) is -1.35. The summed E-state index contributed by atoms with van der Waals surface area (Å²) in [5.41, 5.74) is 4.01. The van der Waals surface area contributed by atoms with E-state index in [0.717, 1.165) is 33.6 Å². The SMILES string of the molecule is O=C(O)CC(NC(=O)C(F)(F)CNC(=O)OCC1c2ccccc2-c2ccccc21)c1cccs1. The Morgan fingerprint density at radius 1 is 1.00 bits per heavy atom. The number of carboxylic acids is 1. The van der Waals surface area contributed by atoms with Crippen LogP contribution in [0.1, 0.15) is 34.4 Å². The highest BCUT2D eigenvalue weighted by molar-refractivity contribution is 7.10. The number of amides is 2. The summed E-state index contributed by atoms with van der Waals surface area (Å²) in [4.78, 5) is 35.8. The van der Waals surface area contributed by atoms with Gasteiger partial charge in [0.05, 0.1) is 19.0 Å². The number of fused-ring (bicyclic) bond motifs is 3. The highest BCUT2D eigenvalue weighted by Gasteiger charge is 2.41. The van der Waals surface area contributed by atoms with Crippen LogP contribution < -0.4 is 10.6 Å². The lowest BCUT2D eigenvalue weighted by Crippen LogP contribution is -2.49. The minimum absolute atomic E-state index is 0.0588. The average molecular weight is 501 g/mol. The summed E-state index contributed by atoms with van der Waals surface area (Å²) in [6.07, 6.45) is -1.64. The molecule has 1 aliphatic carbocycles. The summed E-state index contributed by atoms with van der Waals surface area (Å²) in [5, 5.41) is 14.7. The van der Waals surface area contributed by atoms with Crippen LogP contribution in [0.5, 0.6) is 0 Å². The van der Waals surface area contributed by atoms with Gasteiger partial charge < -0.3 is 20.5 Å². The lowest BCUT2D eigenvalue weighted by molar-refractivity contribution is -0.146. The molecular weight excluding hydrogens is 478 g/mol. The van der Waals surface area contributed by atoms with Gasteiger partial charge >= 0.3 is 18.0 Å². The van der Waals surface area contributed by atoms with Gasteiger partial charge in [-0.05, 0) is 33.7 Å². The number of thiophene rings is 1. The number of carbonyl (C=O) groups is 3. The van der Waals surface area contributed by atoms with E-state index < -0.39 is 42.9 Å². The van der Waals surface area contributed by atoms with Crippen molar-refractivity contribution in [3.63, 3.8) is 0 Å². The van der Waals surface area contributed by atoms with Crippen LogP contribution in [0.25, 0.3) is 11.1 Å². The van der Waals surface area contributed by atoms with Gasteiger partial charge in [-0.25, -0.2) is 4.79 Å². The maximum absolute atomic E-state index is 14.4. The lowest BCUT2D eigenvalue weighted by Gasteiger charge is -2.21. The molecule has 7 nitrogen and oxygen atoms in total. The standard InChI is InChI=1S/C25H22F2N2O5S/c26-25(27,23(32)29-20(12-22(30)31)21-10-5-11-35-21)14-28-24(33)34-13-19-17-8-3-1-6-15(17)16-7-2-4-9-18(16)19/h1-11,19-20H,12-14H2,(H,28,33)(H,29,32)(H,30,31). The molecule has 0 saturated heterocycles. The molecule has 2 amide bonds. The van der Waals surface area contributed by atoms with E-state index in [1.807, 2.05) is 53.8 Å². The average Bonchev–Trinajstić information content (AvgIpc) is 3.48. The number of aliphatic carboxylic acids is 1. The van der Waals surface area contributed by atoms with Gasteiger partial charge in [0.1, 0.15) is 6.61 Å². The van der Waals surface area contributed by atoms with Crippen LogP contribution in [0.15, 0.2) is 66.0 Å². The number of nitrogens with one attached hydrogen (secondary N) is 2. The fourth-order valence-electron chi connectivity index (χ4n) is 4.06. The van der Waals surface area contributed by atoms with Gasteiger partial charge in [0.15, 0.2) is 0 Å². The van der Waals surface area contributed by atoms with E-state index in [1.165, 1.54) is 0 Å². The first-order valence-electron chi connectivity index (χ1n) is 10.8. The first-order chi connectivity index (χ1) is 16.8. The van der Waals surface area contributed by atoms with Gasteiger partial charge in [0.2, 0.25) is 0 Å². The van der Waals surface area contributed by atoms with Crippen molar-refractivity contribution in [2.24, 2.45) is 0 Å². The number of carboxylic acid groups (broad SMARTS) is 1. The number of carbonyl (C=O) groups excluding carboxylic acids is 2. The molecule has 0 radical (unpaired) electrons. The molecule has 3 aromatic rings. The molecule has 0 spiro atoms. The first kappa shape index (κ1) is 24.3. The number of ether oxygens (including phenoxy) is 1. The van der Waals surface area contributed by atoms with Crippen molar-refractivity contribution in [1.82, 2.24) is 10.6 Å². The first-order valence-corrected chi connectivity index (χ1v) is 11.7. The summed E-state index contributed by atoms with van der Waals surface area (Å²) >= 11 is 1.14. The van der Waals surface area contributed by atoms with Crippen LogP contribution in [-0.4, -0.2) is 42.2 Å². The zero-order chi connectivity index (χ0) is 25.0. The van der Waals surface area contributed by atoms with E-state index in [-0.39, 0.29) is 12.5 Å². The third-order valence-electron chi connectivity index (χ3n) is 5.70. The van der Waals surface area contributed by atoms with Crippen LogP contribution in [0.2, 0.25) is 0 Å². The Balaban J connectivity index is 1.33. The largest absolute Gasteiger partial charge is 0.481 e. The summed E-state index contributed by atoms with van der Waals surface area (Å²) < 4.78 is 34.1. The van der Waals surface area contributed by atoms with Gasteiger partial charge in [-0.15, -0.1) is 11.3 Å². The number of rotatable bonds is 9. The second-order valence-electron chi connectivity index (χ2n) is 8.02. The highest BCUT2D eigenvalue weighted by Crippen LogP contribution is 2.44. The molecule has 0 bridgehead atoms. The van der Waals surface area contributed by atoms with Gasteiger partial charge in [-0.1, -0.05) is 54.6 Å². The Morgan fingerprint density at radius 2 is 1.63 bits per heavy atom. The van der Waals surface area contributed by atoms with Crippen molar-refractivity contribution in [3.8, 4) is 11.1 Å². The van der Waals surface area contributed by atoms with Crippen molar-refractivity contribution in [3.05, 3.63) is 82.0 Å². The molecule has 0 fully saturated rings. The highest BCUT2D eigenvalue weighted by atomic mass is 32.1. The van der Waals surface area contributed by atoms with Crippen molar-refractivity contribution >= 4 is 29.3 Å². The van der Waals surface area contributed by atoms with E-state index in [0.29, 0.717) is 4.88 Å². The minimum Gasteiger partial charge on any atom is -0.481 e. The van der Waals surface area contributed by atoms with Crippen LogP contribution in [0.3, 0.4) is 0 Å². The third-order valence-corrected chi connectivity index (χ3v) is 6.69. The predicted molar refractivity (Wildman–Crippen MR) is 125 cm³/mol. The molecule has 0 saturated carbocycles. The quantitative estimate of drug-likeness (QED) is 0.400. The third kappa shape index (κ3) is 5.48. The lowest BCUT2D eigenvalue weighted by atomic mass is 9.98. The van der Waals surface area contributed by atoms with Crippen molar-refractivity contribution in [1.29, 1.82) is 0 Å². The fraction of sp³-hybridized carbons (Fsp3) is 0.240. The second-order valence-corrected chi connectivity index (χ2v) is 9.00. The van der Waals surface area contributed by atoms with Crippen molar-refractivity contribution in [2.75, 3.05) is 13.2 Å². The van der Waals surface area contributed by atoms with Crippen LogP contribution in [0.4, 0.5) is 13.6 Å². The van der Waals surface area contributed by atoms with E-state index in [2.05, 4.69) is 5.32 Å². The number of benzene rings is 2. The topological polar surface area (TPSA) is 105 Å². The molecule has 2 aromatic carbocycles. The summed E-state index contributed by atoms with van der Waals surface area (Å²) in [5.74, 6) is -7.14. The van der Waals surface area contributed by atoms with E-state index in [9.17, 15) is 23.2 Å².